The van der Waals surface area contributed by atoms with Gasteiger partial charge in [0.05, 0.1) is 16.4 Å². The van der Waals surface area contributed by atoms with E-state index < -0.39 is 5.54 Å². The van der Waals surface area contributed by atoms with Crippen LogP contribution in [0.5, 0.6) is 0 Å². The zero-order valence-electron chi connectivity index (χ0n) is 9.08. The molecule has 0 saturated heterocycles. The molecule has 1 aromatic carbocycles. The summed E-state index contributed by atoms with van der Waals surface area (Å²) in [7, 11) is 0. The van der Waals surface area contributed by atoms with E-state index >= 15 is 0 Å². The summed E-state index contributed by atoms with van der Waals surface area (Å²) in [6.07, 6.45) is 1.79. The summed E-state index contributed by atoms with van der Waals surface area (Å²) >= 11 is 0. The maximum absolute atomic E-state index is 11.9. The normalized spacial score (nSPS) is 17.6. The van der Waals surface area contributed by atoms with Crippen LogP contribution in [0.1, 0.15) is 24.2 Å². The summed E-state index contributed by atoms with van der Waals surface area (Å²) in [5.74, 6) is 0.619. The lowest BCUT2D eigenvalue weighted by molar-refractivity contribution is 0.673. The molecule has 4 nitrogen and oxygen atoms in total. The fraction of sp³-hybridized carbons (Fsp3) is 0.333. The quantitative estimate of drug-likeness (QED) is 0.750. The van der Waals surface area contributed by atoms with Gasteiger partial charge in [0.15, 0.2) is 0 Å². The highest BCUT2D eigenvalue weighted by atomic mass is 16.1. The first-order chi connectivity index (χ1) is 7.58. The van der Waals surface area contributed by atoms with Crippen molar-refractivity contribution in [2.24, 2.45) is 5.73 Å². The van der Waals surface area contributed by atoms with E-state index in [1.807, 2.05) is 25.1 Å². The van der Waals surface area contributed by atoms with E-state index in [4.69, 9.17) is 5.73 Å². The molecule has 4 heteroatoms. The van der Waals surface area contributed by atoms with Crippen LogP contribution in [0.25, 0.3) is 10.9 Å². The Balaban J connectivity index is 2.31. The minimum absolute atomic E-state index is 0.0968. The number of nitrogens with one attached hydrogen (secondary N) is 1. The Morgan fingerprint density at radius 3 is 2.88 bits per heavy atom. The smallest absolute Gasteiger partial charge is 0.258 e. The van der Waals surface area contributed by atoms with Crippen LogP contribution in [0.15, 0.2) is 23.0 Å². The van der Waals surface area contributed by atoms with Gasteiger partial charge in [0.25, 0.3) is 5.56 Å². The minimum atomic E-state index is -0.391. The first-order valence-electron chi connectivity index (χ1n) is 5.39. The van der Waals surface area contributed by atoms with Crippen molar-refractivity contribution < 1.29 is 0 Å². The van der Waals surface area contributed by atoms with Crippen molar-refractivity contribution in [1.29, 1.82) is 0 Å². The van der Waals surface area contributed by atoms with Crippen LogP contribution in [-0.2, 0) is 5.54 Å². The number of aromatic amines is 1. The molecule has 1 fully saturated rings. The van der Waals surface area contributed by atoms with Crippen molar-refractivity contribution in [1.82, 2.24) is 9.97 Å². The van der Waals surface area contributed by atoms with E-state index in [0.717, 1.165) is 23.9 Å². The predicted octanol–water partition coefficient (Wildman–Crippen LogP) is 1.18. The number of hydrogen-bond donors (Lipinski definition) is 2. The van der Waals surface area contributed by atoms with Crippen molar-refractivity contribution in [3.8, 4) is 0 Å². The molecule has 82 valence electrons. The van der Waals surface area contributed by atoms with Crippen LogP contribution in [-0.4, -0.2) is 9.97 Å². The molecule has 0 radical (unpaired) electrons. The van der Waals surface area contributed by atoms with Gasteiger partial charge in [-0.3, -0.25) is 4.79 Å². The van der Waals surface area contributed by atoms with Gasteiger partial charge in [0.2, 0.25) is 0 Å². The second kappa shape index (κ2) is 2.92. The SMILES string of the molecule is Cc1ccc2nc(C3(N)CC3)[nH]c(=O)c2c1. The molecule has 2 aromatic rings. The van der Waals surface area contributed by atoms with Crippen LogP contribution in [0.4, 0.5) is 0 Å². The summed E-state index contributed by atoms with van der Waals surface area (Å²) in [5, 5.41) is 0.632. The lowest BCUT2D eigenvalue weighted by Gasteiger charge is -2.08. The Labute approximate surface area is 92.5 Å². The van der Waals surface area contributed by atoms with E-state index in [9.17, 15) is 4.79 Å². The molecule has 0 unspecified atom stereocenters. The first kappa shape index (κ1) is 9.54. The number of H-pyrrole nitrogens is 1. The fourth-order valence-corrected chi connectivity index (χ4v) is 1.86. The minimum Gasteiger partial charge on any atom is -0.319 e. The third-order valence-corrected chi connectivity index (χ3v) is 3.12. The number of benzene rings is 1. The summed E-state index contributed by atoms with van der Waals surface area (Å²) in [4.78, 5) is 19.1. The van der Waals surface area contributed by atoms with Gasteiger partial charge < -0.3 is 10.7 Å². The number of aryl methyl sites for hydroxylation is 1. The molecule has 0 atom stereocenters. The highest BCUT2D eigenvalue weighted by molar-refractivity contribution is 5.78. The van der Waals surface area contributed by atoms with E-state index in [2.05, 4.69) is 9.97 Å². The van der Waals surface area contributed by atoms with Gasteiger partial charge in [0.1, 0.15) is 5.82 Å². The number of fused-ring (bicyclic) bond motifs is 1. The summed E-state index contributed by atoms with van der Waals surface area (Å²) in [6, 6.07) is 5.67. The molecule has 0 bridgehead atoms. The number of nitrogens with zero attached hydrogens (tertiary/aromatic N) is 1. The molecule has 1 saturated carbocycles. The number of aromatic nitrogens is 2. The summed E-state index contributed by atoms with van der Waals surface area (Å²) < 4.78 is 0. The molecule has 1 aliphatic rings. The van der Waals surface area contributed by atoms with Gasteiger partial charge in [-0.1, -0.05) is 11.6 Å². The fourth-order valence-electron chi connectivity index (χ4n) is 1.86. The second-order valence-corrected chi connectivity index (χ2v) is 4.59. The van der Waals surface area contributed by atoms with Gasteiger partial charge in [-0.05, 0) is 31.9 Å². The third kappa shape index (κ3) is 1.34. The number of nitrogens with two attached hydrogens (primary N) is 1. The number of hydrogen-bond acceptors (Lipinski definition) is 3. The van der Waals surface area contributed by atoms with Crippen molar-refractivity contribution in [2.75, 3.05) is 0 Å². The van der Waals surface area contributed by atoms with Crippen LogP contribution in [0.2, 0.25) is 0 Å². The molecular weight excluding hydrogens is 202 g/mol. The zero-order valence-corrected chi connectivity index (χ0v) is 9.08. The van der Waals surface area contributed by atoms with Crippen molar-refractivity contribution in [3.05, 3.63) is 39.9 Å². The van der Waals surface area contributed by atoms with Crippen molar-refractivity contribution in [2.45, 2.75) is 25.3 Å². The first-order valence-corrected chi connectivity index (χ1v) is 5.39. The maximum atomic E-state index is 11.9. The molecule has 3 N–H and O–H groups in total. The van der Waals surface area contributed by atoms with E-state index in [-0.39, 0.29) is 5.56 Å². The lowest BCUT2D eigenvalue weighted by atomic mass is 10.1. The van der Waals surface area contributed by atoms with E-state index in [1.165, 1.54) is 0 Å². The molecule has 1 aromatic heterocycles. The maximum Gasteiger partial charge on any atom is 0.258 e. The summed E-state index contributed by atoms with van der Waals surface area (Å²) in [5.41, 5.74) is 7.32. The molecule has 1 aliphatic carbocycles. The topological polar surface area (TPSA) is 71.8 Å². The predicted molar refractivity (Wildman–Crippen MR) is 62.2 cm³/mol. The molecular formula is C12H13N3O. The molecule has 16 heavy (non-hydrogen) atoms. The van der Waals surface area contributed by atoms with E-state index in [1.54, 1.807) is 0 Å². The van der Waals surface area contributed by atoms with Gasteiger partial charge >= 0.3 is 0 Å². The molecule has 3 rings (SSSR count). The van der Waals surface area contributed by atoms with Crippen molar-refractivity contribution in [3.63, 3.8) is 0 Å². The molecule has 0 amide bonds. The van der Waals surface area contributed by atoms with Gasteiger partial charge in [-0.15, -0.1) is 0 Å². The Bertz CT molecular complexity index is 626. The highest BCUT2D eigenvalue weighted by Gasteiger charge is 2.42. The second-order valence-electron chi connectivity index (χ2n) is 4.59. The standard InChI is InChI=1S/C12H13N3O/c1-7-2-3-9-8(6-7)10(16)15-11(14-9)12(13)4-5-12/h2-3,6H,4-5,13H2,1H3,(H,14,15,16). The lowest BCUT2D eigenvalue weighted by Crippen LogP contribution is -2.26. The average Bonchev–Trinajstić information content (AvgIpc) is 2.99. The Morgan fingerprint density at radius 1 is 1.44 bits per heavy atom. The average molecular weight is 215 g/mol. The Morgan fingerprint density at radius 2 is 2.19 bits per heavy atom. The zero-order chi connectivity index (χ0) is 11.3. The summed E-state index contributed by atoms with van der Waals surface area (Å²) in [6.45, 7) is 1.96. The van der Waals surface area contributed by atoms with Gasteiger partial charge in [-0.25, -0.2) is 4.98 Å². The van der Waals surface area contributed by atoms with Crippen LogP contribution in [0.3, 0.4) is 0 Å². The monoisotopic (exact) mass is 215 g/mol. The third-order valence-electron chi connectivity index (χ3n) is 3.12. The molecule has 1 heterocycles. The van der Waals surface area contributed by atoms with Crippen LogP contribution < -0.4 is 11.3 Å². The molecule has 0 spiro atoms. The number of rotatable bonds is 1. The van der Waals surface area contributed by atoms with Crippen molar-refractivity contribution >= 4 is 10.9 Å². The highest BCUT2D eigenvalue weighted by Crippen LogP contribution is 2.40. The largest absolute Gasteiger partial charge is 0.319 e. The van der Waals surface area contributed by atoms with Gasteiger partial charge in [0, 0.05) is 0 Å². The van der Waals surface area contributed by atoms with Crippen LogP contribution >= 0.6 is 0 Å². The van der Waals surface area contributed by atoms with E-state index in [0.29, 0.717) is 11.2 Å². The van der Waals surface area contributed by atoms with Crippen LogP contribution in [0, 0.1) is 6.92 Å². The Kier molecular flexibility index (Phi) is 1.74. The van der Waals surface area contributed by atoms with Gasteiger partial charge in [-0.2, -0.15) is 0 Å². The molecule has 0 aliphatic heterocycles. The Hall–Kier alpha value is -1.68.